The van der Waals surface area contributed by atoms with Gasteiger partial charge in [0.15, 0.2) is 11.3 Å². The molecule has 43 heavy (non-hydrogen) atoms. The molecule has 3 aromatic rings. The highest BCUT2D eigenvalue weighted by molar-refractivity contribution is 5.93. The molecule has 0 bridgehead atoms. The summed E-state index contributed by atoms with van der Waals surface area (Å²) in [5.74, 6) is -4.44. The average molecular weight is 609 g/mol. The standard InChI is InChI=1S/C27H29F5N8O3/c1-25(21(33-2)22(27(30,31)32)36-24(25)42)11-15-5-6-17-34-16(12-40(17)37-15)18(14-7-9-26(28,29)10-8-14)35-23(41)20-19(13-3-4-13)38-43-39-20/h5-6,12-14,18,21-22H,2-4,7-11H2,1H3,(H,35,41)(H,36,42)/t18-,21+,22-,25-/m0/s1. The predicted molar refractivity (Wildman–Crippen MR) is 140 cm³/mol. The molecule has 0 radical (unpaired) electrons. The summed E-state index contributed by atoms with van der Waals surface area (Å²) in [7, 11) is 0. The number of nitrogens with zero attached hydrogens (tertiary/aromatic N) is 6. The first-order valence-electron chi connectivity index (χ1n) is 14.0. The molecule has 11 nitrogen and oxygen atoms in total. The van der Waals surface area contributed by atoms with Crippen LogP contribution in [0.5, 0.6) is 0 Å². The first kappa shape index (κ1) is 29.1. The molecule has 2 saturated carbocycles. The quantitative estimate of drug-likeness (QED) is 0.292. The third-order valence-electron chi connectivity index (χ3n) is 8.80. The fraction of sp³-hybridized carbons (Fsp3) is 0.593. The zero-order valence-electron chi connectivity index (χ0n) is 23.1. The Hall–Kier alpha value is -3.98. The van der Waals surface area contributed by atoms with E-state index in [0.29, 0.717) is 22.7 Å². The molecule has 0 unspecified atom stereocenters. The minimum atomic E-state index is -4.71. The molecule has 3 aliphatic rings. The molecule has 2 aliphatic carbocycles. The van der Waals surface area contributed by atoms with Crippen LogP contribution in [0.4, 0.5) is 22.0 Å². The monoisotopic (exact) mass is 608 g/mol. The first-order valence-corrected chi connectivity index (χ1v) is 14.0. The van der Waals surface area contributed by atoms with Crippen LogP contribution >= 0.6 is 0 Å². The van der Waals surface area contributed by atoms with E-state index in [1.54, 1.807) is 12.1 Å². The third-order valence-corrected chi connectivity index (χ3v) is 8.80. The summed E-state index contributed by atoms with van der Waals surface area (Å²) in [6, 6.07) is -1.27. The first-order chi connectivity index (χ1) is 20.3. The van der Waals surface area contributed by atoms with Crippen molar-refractivity contribution in [3.8, 4) is 0 Å². The molecular weight excluding hydrogens is 579 g/mol. The topological polar surface area (TPSA) is 140 Å². The normalized spacial score (nSPS) is 26.8. The van der Waals surface area contributed by atoms with Crippen LogP contribution in [0, 0.1) is 11.3 Å². The van der Waals surface area contributed by atoms with Crippen LogP contribution in [0.25, 0.3) is 5.65 Å². The summed E-state index contributed by atoms with van der Waals surface area (Å²) in [5, 5.41) is 17.0. The van der Waals surface area contributed by atoms with Crippen LogP contribution in [0.3, 0.4) is 0 Å². The van der Waals surface area contributed by atoms with Gasteiger partial charge < -0.3 is 10.6 Å². The number of fused-ring (bicyclic) bond motifs is 1. The summed E-state index contributed by atoms with van der Waals surface area (Å²) in [6.07, 6.45) is -2.01. The van der Waals surface area contributed by atoms with Crippen molar-refractivity contribution in [3.05, 3.63) is 41.1 Å². The number of imidazole rings is 1. The van der Waals surface area contributed by atoms with E-state index in [-0.39, 0.29) is 49.6 Å². The number of amides is 2. The zero-order valence-corrected chi connectivity index (χ0v) is 23.1. The lowest BCUT2D eigenvalue weighted by molar-refractivity contribution is -0.157. The Morgan fingerprint density at radius 1 is 1.23 bits per heavy atom. The lowest BCUT2D eigenvalue weighted by Gasteiger charge is -2.33. The van der Waals surface area contributed by atoms with Gasteiger partial charge in [-0.1, -0.05) is 5.16 Å². The van der Waals surface area contributed by atoms with Crippen molar-refractivity contribution in [2.45, 2.75) is 88.0 Å². The zero-order chi connectivity index (χ0) is 30.7. The Balaban J connectivity index is 1.28. The molecule has 230 valence electrons. The summed E-state index contributed by atoms with van der Waals surface area (Å²) < 4.78 is 74.9. The molecule has 1 saturated heterocycles. The van der Waals surface area contributed by atoms with Crippen molar-refractivity contribution < 1.29 is 36.2 Å². The van der Waals surface area contributed by atoms with Gasteiger partial charge in [-0.15, -0.1) is 0 Å². The van der Waals surface area contributed by atoms with Crippen LogP contribution in [-0.4, -0.2) is 67.6 Å². The highest BCUT2D eigenvalue weighted by Crippen LogP contribution is 2.44. The van der Waals surface area contributed by atoms with Crippen molar-refractivity contribution in [1.82, 2.24) is 35.5 Å². The van der Waals surface area contributed by atoms with E-state index < -0.39 is 47.5 Å². The van der Waals surface area contributed by atoms with Gasteiger partial charge in [-0.05, 0) is 62.5 Å². The molecular formula is C27H29F5N8O3. The number of carbonyl (C=O) groups is 2. The van der Waals surface area contributed by atoms with Gasteiger partial charge in [0.05, 0.1) is 35.1 Å². The van der Waals surface area contributed by atoms with E-state index in [9.17, 15) is 31.5 Å². The van der Waals surface area contributed by atoms with Crippen LogP contribution in [0.2, 0.25) is 0 Å². The molecule has 4 atom stereocenters. The van der Waals surface area contributed by atoms with Crippen molar-refractivity contribution in [2.24, 2.45) is 16.3 Å². The van der Waals surface area contributed by atoms with Crippen LogP contribution < -0.4 is 10.6 Å². The van der Waals surface area contributed by atoms with E-state index in [1.165, 1.54) is 17.6 Å². The Morgan fingerprint density at radius 3 is 2.60 bits per heavy atom. The number of halogens is 5. The summed E-state index contributed by atoms with van der Waals surface area (Å²) in [4.78, 5) is 34.3. The van der Waals surface area contributed by atoms with Crippen molar-refractivity contribution in [3.63, 3.8) is 0 Å². The van der Waals surface area contributed by atoms with Gasteiger partial charge >= 0.3 is 6.18 Å². The molecule has 4 heterocycles. The number of hydrogen-bond acceptors (Lipinski definition) is 8. The maximum absolute atomic E-state index is 14.0. The fourth-order valence-corrected chi connectivity index (χ4v) is 6.22. The van der Waals surface area contributed by atoms with Gasteiger partial charge in [0, 0.05) is 25.2 Å². The van der Waals surface area contributed by atoms with Gasteiger partial charge in [0.2, 0.25) is 11.8 Å². The number of rotatable bonds is 8. The van der Waals surface area contributed by atoms with Gasteiger partial charge in [-0.2, -0.15) is 18.3 Å². The summed E-state index contributed by atoms with van der Waals surface area (Å²) in [6.45, 7) is 4.68. The number of nitrogens with one attached hydrogen (secondary N) is 2. The summed E-state index contributed by atoms with van der Waals surface area (Å²) >= 11 is 0. The van der Waals surface area contributed by atoms with Crippen LogP contribution in [0.1, 0.15) is 85.0 Å². The number of carbonyl (C=O) groups excluding carboxylic acids is 2. The van der Waals surface area contributed by atoms with Gasteiger partial charge in [-0.3, -0.25) is 14.6 Å². The van der Waals surface area contributed by atoms with Gasteiger partial charge in [0.25, 0.3) is 5.91 Å². The molecule has 0 spiro atoms. The third kappa shape index (κ3) is 5.46. The van der Waals surface area contributed by atoms with E-state index in [0.717, 1.165) is 12.8 Å². The smallest absolute Gasteiger partial charge is 0.342 e. The minimum absolute atomic E-state index is 0.0449. The van der Waals surface area contributed by atoms with Crippen LogP contribution in [0.15, 0.2) is 28.0 Å². The number of hydrogen-bond donors (Lipinski definition) is 2. The number of aromatic nitrogens is 5. The second-order valence-corrected chi connectivity index (χ2v) is 11.9. The number of aliphatic imine (C=N–C) groups is 1. The molecule has 2 N–H and O–H groups in total. The Morgan fingerprint density at radius 2 is 1.95 bits per heavy atom. The molecule has 3 aromatic heterocycles. The second-order valence-electron chi connectivity index (χ2n) is 11.9. The van der Waals surface area contributed by atoms with Crippen LogP contribution in [-0.2, 0) is 11.2 Å². The van der Waals surface area contributed by atoms with Crippen molar-refractivity contribution in [2.75, 3.05) is 0 Å². The van der Waals surface area contributed by atoms with E-state index in [4.69, 9.17) is 4.63 Å². The van der Waals surface area contributed by atoms with Gasteiger partial charge in [-0.25, -0.2) is 22.9 Å². The SMILES string of the molecule is C=N[C@@H]1[C@@H](C(F)(F)F)NC(=O)[C@@]1(C)Cc1ccc2nc([C@@H](NC(=O)c3nonc3C3CC3)C3CCC(F)(F)CC3)cn2n1. The number of alkyl halides is 5. The maximum Gasteiger partial charge on any atom is 0.410 e. The molecule has 16 heteroatoms. The lowest BCUT2D eigenvalue weighted by Crippen LogP contribution is -2.45. The summed E-state index contributed by atoms with van der Waals surface area (Å²) in [5.41, 5.74) is -0.0496. The molecule has 1 aliphatic heterocycles. The molecule has 6 rings (SSSR count). The Labute approximate surface area is 241 Å². The largest absolute Gasteiger partial charge is 0.410 e. The second kappa shape index (κ2) is 10.3. The highest BCUT2D eigenvalue weighted by Gasteiger charge is 2.60. The highest BCUT2D eigenvalue weighted by atomic mass is 19.4. The van der Waals surface area contributed by atoms with Crippen molar-refractivity contribution >= 4 is 24.2 Å². The Bertz CT molecular complexity index is 1560. The van der Waals surface area contributed by atoms with E-state index >= 15 is 0 Å². The Kier molecular flexibility index (Phi) is 6.99. The fourth-order valence-electron chi connectivity index (χ4n) is 6.22. The molecule has 2 amide bonds. The van der Waals surface area contributed by atoms with Gasteiger partial charge in [0.1, 0.15) is 11.7 Å². The molecule has 3 fully saturated rings. The maximum atomic E-state index is 14.0. The lowest BCUT2D eigenvalue weighted by atomic mass is 9.78. The van der Waals surface area contributed by atoms with E-state index in [1.807, 2.05) is 5.32 Å². The van der Waals surface area contributed by atoms with E-state index in [2.05, 4.69) is 37.4 Å². The molecule has 0 aromatic carbocycles. The average Bonchev–Trinajstić information content (AvgIpc) is 3.40. The predicted octanol–water partition coefficient (Wildman–Crippen LogP) is 3.97. The van der Waals surface area contributed by atoms with Crippen molar-refractivity contribution in [1.29, 1.82) is 0 Å². The minimum Gasteiger partial charge on any atom is -0.342 e.